The molecule has 5 nitrogen and oxygen atoms in total. The number of aliphatic hydroxyl groups excluding tert-OH is 1. The Labute approximate surface area is 137 Å². The zero-order valence-electron chi connectivity index (χ0n) is 13.4. The fourth-order valence-corrected chi connectivity index (χ4v) is 3.95. The molecule has 1 aliphatic heterocycles. The van der Waals surface area contributed by atoms with Crippen LogP contribution in [-0.2, 0) is 10.3 Å². The van der Waals surface area contributed by atoms with E-state index in [4.69, 9.17) is 15.8 Å². The molecule has 1 saturated carbocycles. The molecule has 0 bridgehead atoms. The first-order valence-corrected chi connectivity index (χ1v) is 8.54. The topological polar surface area (TPSA) is 78.9 Å². The van der Waals surface area contributed by atoms with Crippen molar-refractivity contribution in [3.05, 3.63) is 35.9 Å². The Morgan fingerprint density at radius 3 is 2.57 bits per heavy atom. The summed E-state index contributed by atoms with van der Waals surface area (Å²) < 4.78 is 0. The molecule has 124 valence electrons. The summed E-state index contributed by atoms with van der Waals surface area (Å²) in [4.78, 5) is 19.6. The normalized spacial score (nSPS) is 25.7. The average molecular weight is 315 g/mol. The Balaban J connectivity index is 2.01. The van der Waals surface area contributed by atoms with Crippen molar-refractivity contribution in [1.29, 1.82) is 0 Å². The van der Waals surface area contributed by atoms with Crippen molar-refractivity contribution in [3.8, 4) is 0 Å². The van der Waals surface area contributed by atoms with Crippen LogP contribution in [0.25, 0.3) is 0 Å². The number of carbonyl (C=O) groups is 1. The Morgan fingerprint density at radius 2 is 1.91 bits per heavy atom. The van der Waals surface area contributed by atoms with E-state index in [1.165, 1.54) is 6.42 Å². The second-order valence-corrected chi connectivity index (χ2v) is 6.47. The highest BCUT2D eigenvalue weighted by atomic mass is 16.3. The number of nitrogens with two attached hydrogens (primary N) is 1. The minimum Gasteiger partial charge on any atom is -0.396 e. The Kier molecular flexibility index (Phi) is 4.66. The summed E-state index contributed by atoms with van der Waals surface area (Å²) in [5, 5.41) is 9.08. The Hall–Kier alpha value is -1.88. The first-order chi connectivity index (χ1) is 11.2. The standard InChI is InChI=1S/C18H25N3O2/c19-17-20-18(14-8-3-1-4-9-14,15-10-5-2-6-11-15)16(23)21(17)12-7-13-22/h1,3-4,8-9,15,22H,2,5-7,10-13H2,(H2,19,20). The van der Waals surface area contributed by atoms with Gasteiger partial charge in [-0.05, 0) is 30.7 Å². The van der Waals surface area contributed by atoms with Gasteiger partial charge in [0, 0.05) is 13.2 Å². The smallest absolute Gasteiger partial charge is 0.262 e. The number of amides is 1. The first-order valence-electron chi connectivity index (χ1n) is 8.54. The van der Waals surface area contributed by atoms with E-state index < -0.39 is 5.54 Å². The van der Waals surface area contributed by atoms with Crippen molar-refractivity contribution in [3.63, 3.8) is 0 Å². The quantitative estimate of drug-likeness (QED) is 0.872. The molecule has 2 aliphatic rings. The molecule has 1 atom stereocenters. The SMILES string of the molecule is NC1=NC(c2ccccc2)(C2CCCCC2)C(=O)N1CCCO. The maximum absolute atomic E-state index is 13.3. The first kappa shape index (κ1) is 16.0. The summed E-state index contributed by atoms with van der Waals surface area (Å²) in [6.07, 6.45) is 6.02. The highest BCUT2D eigenvalue weighted by Crippen LogP contribution is 2.46. The average Bonchev–Trinajstić information content (AvgIpc) is 2.86. The van der Waals surface area contributed by atoms with Crippen molar-refractivity contribution >= 4 is 11.9 Å². The number of carbonyl (C=O) groups excluding carboxylic acids is 1. The van der Waals surface area contributed by atoms with Gasteiger partial charge in [0.15, 0.2) is 11.5 Å². The lowest BCUT2D eigenvalue weighted by atomic mass is 9.71. The van der Waals surface area contributed by atoms with Gasteiger partial charge in [0.1, 0.15) is 0 Å². The number of hydrogen-bond acceptors (Lipinski definition) is 4. The van der Waals surface area contributed by atoms with E-state index in [1.807, 2.05) is 30.3 Å². The van der Waals surface area contributed by atoms with Gasteiger partial charge in [0.25, 0.3) is 5.91 Å². The second kappa shape index (κ2) is 6.71. The van der Waals surface area contributed by atoms with Crippen LogP contribution in [0.2, 0.25) is 0 Å². The van der Waals surface area contributed by atoms with Crippen LogP contribution < -0.4 is 5.73 Å². The molecule has 1 fully saturated rings. The van der Waals surface area contributed by atoms with Crippen LogP contribution in [-0.4, -0.2) is 35.0 Å². The maximum atomic E-state index is 13.3. The monoisotopic (exact) mass is 315 g/mol. The molecule has 1 aromatic carbocycles. The van der Waals surface area contributed by atoms with Gasteiger partial charge in [-0.25, -0.2) is 4.99 Å². The highest BCUT2D eigenvalue weighted by molar-refractivity contribution is 6.07. The molecule has 23 heavy (non-hydrogen) atoms. The summed E-state index contributed by atoms with van der Waals surface area (Å²) >= 11 is 0. The Bertz CT molecular complexity index is 581. The molecule has 1 aliphatic carbocycles. The zero-order valence-corrected chi connectivity index (χ0v) is 13.4. The second-order valence-electron chi connectivity index (χ2n) is 6.47. The van der Waals surface area contributed by atoms with E-state index in [-0.39, 0.29) is 24.4 Å². The molecule has 1 heterocycles. The number of nitrogens with zero attached hydrogens (tertiary/aromatic N) is 2. The summed E-state index contributed by atoms with van der Waals surface area (Å²) in [6, 6.07) is 9.83. The number of hydrogen-bond donors (Lipinski definition) is 2. The minimum absolute atomic E-state index is 0.0263. The van der Waals surface area contributed by atoms with Crippen molar-refractivity contribution in [2.24, 2.45) is 16.6 Å². The molecule has 3 N–H and O–H groups in total. The van der Waals surface area contributed by atoms with Crippen LogP contribution in [0, 0.1) is 5.92 Å². The molecule has 1 amide bonds. The third-order valence-corrected chi connectivity index (χ3v) is 5.09. The maximum Gasteiger partial charge on any atom is 0.262 e. The fraction of sp³-hybridized carbons (Fsp3) is 0.556. The number of rotatable bonds is 5. The van der Waals surface area contributed by atoms with Crippen molar-refractivity contribution < 1.29 is 9.90 Å². The molecule has 1 unspecified atom stereocenters. The van der Waals surface area contributed by atoms with Crippen LogP contribution in [0.4, 0.5) is 0 Å². The van der Waals surface area contributed by atoms with Gasteiger partial charge >= 0.3 is 0 Å². The summed E-state index contributed by atoms with van der Waals surface area (Å²) in [5.41, 5.74) is 6.17. The highest BCUT2D eigenvalue weighted by Gasteiger charge is 2.53. The molecular formula is C18H25N3O2. The summed E-state index contributed by atoms with van der Waals surface area (Å²) in [6.45, 7) is 0.463. The third kappa shape index (κ3) is 2.74. The van der Waals surface area contributed by atoms with E-state index in [1.54, 1.807) is 4.90 Å². The molecule has 0 spiro atoms. The molecular weight excluding hydrogens is 290 g/mol. The lowest BCUT2D eigenvalue weighted by Crippen LogP contribution is -2.47. The lowest BCUT2D eigenvalue weighted by molar-refractivity contribution is -0.134. The van der Waals surface area contributed by atoms with E-state index in [2.05, 4.69) is 0 Å². The van der Waals surface area contributed by atoms with Crippen LogP contribution in [0.15, 0.2) is 35.3 Å². The van der Waals surface area contributed by atoms with Gasteiger partial charge in [-0.1, -0.05) is 49.6 Å². The molecule has 0 radical (unpaired) electrons. The predicted octanol–water partition coefficient (Wildman–Crippen LogP) is 2.00. The van der Waals surface area contributed by atoms with Gasteiger partial charge in [-0.15, -0.1) is 0 Å². The fourth-order valence-electron chi connectivity index (χ4n) is 3.95. The molecule has 0 aromatic heterocycles. The predicted molar refractivity (Wildman–Crippen MR) is 89.7 cm³/mol. The zero-order chi connectivity index (χ0) is 16.3. The lowest BCUT2D eigenvalue weighted by Gasteiger charge is -2.36. The number of guanidine groups is 1. The van der Waals surface area contributed by atoms with Gasteiger partial charge in [0.2, 0.25) is 0 Å². The minimum atomic E-state index is -0.874. The molecule has 1 aromatic rings. The van der Waals surface area contributed by atoms with E-state index in [0.717, 1.165) is 31.2 Å². The summed E-state index contributed by atoms with van der Waals surface area (Å²) in [5.74, 6) is 0.461. The number of aliphatic imine (C=N–C) groups is 1. The van der Waals surface area contributed by atoms with Crippen LogP contribution in [0.5, 0.6) is 0 Å². The molecule has 0 saturated heterocycles. The third-order valence-electron chi connectivity index (χ3n) is 5.09. The van der Waals surface area contributed by atoms with Gasteiger partial charge in [-0.2, -0.15) is 0 Å². The van der Waals surface area contributed by atoms with Gasteiger partial charge in [0.05, 0.1) is 0 Å². The van der Waals surface area contributed by atoms with Crippen molar-refractivity contribution in [2.75, 3.05) is 13.2 Å². The van der Waals surface area contributed by atoms with Crippen LogP contribution >= 0.6 is 0 Å². The van der Waals surface area contributed by atoms with Gasteiger partial charge < -0.3 is 10.8 Å². The summed E-state index contributed by atoms with van der Waals surface area (Å²) in [7, 11) is 0. The number of benzene rings is 1. The van der Waals surface area contributed by atoms with E-state index in [9.17, 15) is 4.79 Å². The van der Waals surface area contributed by atoms with Crippen molar-refractivity contribution in [2.45, 2.75) is 44.1 Å². The van der Waals surface area contributed by atoms with E-state index in [0.29, 0.717) is 13.0 Å². The largest absolute Gasteiger partial charge is 0.396 e. The van der Waals surface area contributed by atoms with Crippen molar-refractivity contribution in [1.82, 2.24) is 4.90 Å². The molecule has 3 rings (SSSR count). The van der Waals surface area contributed by atoms with Crippen LogP contribution in [0.1, 0.15) is 44.1 Å². The molecule has 5 heteroatoms. The van der Waals surface area contributed by atoms with Crippen LogP contribution in [0.3, 0.4) is 0 Å². The van der Waals surface area contributed by atoms with Gasteiger partial charge in [-0.3, -0.25) is 9.69 Å². The number of aliphatic hydroxyl groups is 1. The Morgan fingerprint density at radius 1 is 1.22 bits per heavy atom. The van der Waals surface area contributed by atoms with E-state index >= 15 is 0 Å².